The summed E-state index contributed by atoms with van der Waals surface area (Å²) in [5.41, 5.74) is 2.97. The van der Waals surface area contributed by atoms with Gasteiger partial charge in [-0.3, -0.25) is 4.79 Å². The molecule has 0 aliphatic heterocycles. The van der Waals surface area contributed by atoms with Gasteiger partial charge in [0.1, 0.15) is 5.75 Å². The molecule has 5 heteroatoms. The molecule has 2 N–H and O–H groups in total. The van der Waals surface area contributed by atoms with Crippen LogP contribution in [0.5, 0.6) is 5.75 Å². The van der Waals surface area contributed by atoms with E-state index in [0.29, 0.717) is 5.75 Å². The number of ether oxygens (including phenoxy) is 1. The predicted octanol–water partition coefficient (Wildman–Crippen LogP) is 2.59. The quantitative estimate of drug-likeness (QED) is 0.862. The highest BCUT2D eigenvalue weighted by molar-refractivity contribution is 7.07. The van der Waals surface area contributed by atoms with E-state index in [-0.39, 0.29) is 19.1 Å². The summed E-state index contributed by atoms with van der Waals surface area (Å²) in [6, 6.07) is 7.65. The molecule has 0 bridgehead atoms. The van der Waals surface area contributed by atoms with Crippen molar-refractivity contribution in [3.8, 4) is 5.75 Å². The third-order valence-electron chi connectivity index (χ3n) is 3.11. The molecule has 21 heavy (non-hydrogen) atoms. The van der Waals surface area contributed by atoms with Crippen molar-refractivity contribution in [3.05, 3.63) is 51.7 Å². The van der Waals surface area contributed by atoms with Gasteiger partial charge in [0.2, 0.25) is 0 Å². The van der Waals surface area contributed by atoms with E-state index >= 15 is 0 Å². The van der Waals surface area contributed by atoms with E-state index in [4.69, 9.17) is 4.74 Å². The first-order chi connectivity index (χ1) is 10.1. The maximum atomic E-state index is 11.7. The van der Waals surface area contributed by atoms with Crippen molar-refractivity contribution in [2.24, 2.45) is 0 Å². The Balaban J connectivity index is 1.77. The fourth-order valence-corrected chi connectivity index (χ4v) is 2.66. The number of aliphatic hydroxyl groups excluding tert-OH is 1. The Morgan fingerprint density at radius 1 is 1.38 bits per heavy atom. The lowest BCUT2D eigenvalue weighted by Crippen LogP contribution is -2.32. The van der Waals surface area contributed by atoms with Gasteiger partial charge < -0.3 is 15.2 Å². The Kier molecular flexibility index (Phi) is 5.36. The third-order valence-corrected chi connectivity index (χ3v) is 3.81. The third kappa shape index (κ3) is 4.58. The van der Waals surface area contributed by atoms with Gasteiger partial charge >= 0.3 is 0 Å². The minimum atomic E-state index is -0.679. The largest absolute Gasteiger partial charge is 0.484 e. The summed E-state index contributed by atoms with van der Waals surface area (Å²) >= 11 is 1.52. The lowest BCUT2D eigenvalue weighted by molar-refractivity contribution is -0.123. The van der Waals surface area contributed by atoms with Crippen molar-refractivity contribution < 1.29 is 14.6 Å². The van der Waals surface area contributed by atoms with Crippen molar-refractivity contribution in [1.82, 2.24) is 5.32 Å². The van der Waals surface area contributed by atoms with Gasteiger partial charge in [-0.15, -0.1) is 0 Å². The Morgan fingerprint density at radius 2 is 2.19 bits per heavy atom. The van der Waals surface area contributed by atoms with Gasteiger partial charge in [-0.05, 0) is 47.9 Å². The van der Waals surface area contributed by atoms with E-state index in [9.17, 15) is 9.90 Å². The summed E-state index contributed by atoms with van der Waals surface area (Å²) < 4.78 is 5.48. The molecule has 1 aromatic heterocycles. The second kappa shape index (κ2) is 7.24. The molecule has 1 heterocycles. The van der Waals surface area contributed by atoms with Crippen LogP contribution in [0.1, 0.15) is 22.8 Å². The normalized spacial score (nSPS) is 12.0. The highest BCUT2D eigenvalue weighted by Gasteiger charge is 2.10. The maximum absolute atomic E-state index is 11.7. The highest BCUT2D eigenvalue weighted by atomic mass is 32.1. The van der Waals surface area contributed by atoms with Crippen LogP contribution in [0.2, 0.25) is 0 Å². The van der Waals surface area contributed by atoms with Gasteiger partial charge in [0.25, 0.3) is 5.91 Å². The molecule has 1 amide bonds. The van der Waals surface area contributed by atoms with Crippen LogP contribution in [-0.2, 0) is 4.79 Å². The fourth-order valence-electron chi connectivity index (χ4n) is 1.95. The van der Waals surface area contributed by atoms with Crippen LogP contribution in [0.4, 0.5) is 0 Å². The summed E-state index contributed by atoms with van der Waals surface area (Å²) in [6.45, 7) is 4.09. The number of aryl methyl sites for hydroxylation is 2. The summed E-state index contributed by atoms with van der Waals surface area (Å²) in [6.07, 6.45) is -0.679. The topological polar surface area (TPSA) is 58.6 Å². The molecule has 0 saturated heterocycles. The molecule has 0 saturated carbocycles. The highest BCUT2D eigenvalue weighted by Crippen LogP contribution is 2.18. The molecule has 2 rings (SSSR count). The molecule has 112 valence electrons. The van der Waals surface area contributed by atoms with E-state index in [1.807, 2.05) is 48.9 Å². The standard InChI is InChI=1S/C16H19NO3S/c1-11-3-4-15(12(2)7-11)20-9-16(19)17-8-14(18)13-5-6-21-10-13/h3-7,10,14,18H,8-9H2,1-2H3,(H,17,19). The Labute approximate surface area is 128 Å². The zero-order valence-corrected chi connectivity index (χ0v) is 12.9. The first-order valence-electron chi connectivity index (χ1n) is 6.73. The van der Waals surface area contributed by atoms with Crippen molar-refractivity contribution in [3.63, 3.8) is 0 Å². The number of hydrogen-bond acceptors (Lipinski definition) is 4. The van der Waals surface area contributed by atoms with Crippen molar-refractivity contribution in [1.29, 1.82) is 0 Å². The van der Waals surface area contributed by atoms with Crippen LogP contribution in [0, 0.1) is 13.8 Å². The molecule has 1 aromatic carbocycles. The monoisotopic (exact) mass is 305 g/mol. The zero-order valence-electron chi connectivity index (χ0n) is 12.1. The smallest absolute Gasteiger partial charge is 0.258 e. The summed E-state index contributed by atoms with van der Waals surface area (Å²) in [5, 5.41) is 16.3. The lowest BCUT2D eigenvalue weighted by atomic mass is 10.1. The van der Waals surface area contributed by atoms with Gasteiger partial charge in [0, 0.05) is 6.54 Å². The van der Waals surface area contributed by atoms with Crippen molar-refractivity contribution in [2.75, 3.05) is 13.2 Å². The van der Waals surface area contributed by atoms with Crippen molar-refractivity contribution >= 4 is 17.2 Å². The second-order valence-electron chi connectivity index (χ2n) is 4.93. The number of benzene rings is 1. The molecule has 0 spiro atoms. The van der Waals surface area contributed by atoms with Gasteiger partial charge in [-0.25, -0.2) is 0 Å². The van der Waals surface area contributed by atoms with Crippen LogP contribution in [0.25, 0.3) is 0 Å². The first-order valence-corrected chi connectivity index (χ1v) is 7.67. The minimum absolute atomic E-state index is 0.0553. The van der Waals surface area contributed by atoms with Crippen molar-refractivity contribution in [2.45, 2.75) is 20.0 Å². The molecule has 4 nitrogen and oxygen atoms in total. The lowest BCUT2D eigenvalue weighted by Gasteiger charge is -2.12. The van der Waals surface area contributed by atoms with Crippen LogP contribution in [0.15, 0.2) is 35.0 Å². The van der Waals surface area contributed by atoms with Crippen LogP contribution in [0.3, 0.4) is 0 Å². The first kappa shape index (κ1) is 15.5. The number of rotatable bonds is 6. The maximum Gasteiger partial charge on any atom is 0.258 e. The van der Waals surface area contributed by atoms with E-state index in [1.165, 1.54) is 11.3 Å². The average molecular weight is 305 g/mol. The number of carbonyl (C=O) groups excluding carboxylic acids is 1. The van der Waals surface area contributed by atoms with Gasteiger partial charge in [0.05, 0.1) is 6.10 Å². The van der Waals surface area contributed by atoms with Gasteiger partial charge in [-0.1, -0.05) is 17.7 Å². The van der Waals surface area contributed by atoms with Gasteiger partial charge in [-0.2, -0.15) is 11.3 Å². The number of carbonyl (C=O) groups is 1. The number of hydrogen-bond donors (Lipinski definition) is 2. The number of aliphatic hydroxyl groups is 1. The minimum Gasteiger partial charge on any atom is -0.484 e. The fraction of sp³-hybridized carbons (Fsp3) is 0.312. The molecule has 1 atom stereocenters. The summed E-state index contributed by atoms with van der Waals surface area (Å²) in [4.78, 5) is 11.7. The average Bonchev–Trinajstić information content (AvgIpc) is 2.98. The molecule has 1 unspecified atom stereocenters. The molecule has 0 aliphatic rings. The predicted molar refractivity (Wildman–Crippen MR) is 83.7 cm³/mol. The second-order valence-corrected chi connectivity index (χ2v) is 5.71. The molecular formula is C16H19NO3S. The van der Waals surface area contributed by atoms with E-state index in [0.717, 1.165) is 16.7 Å². The molecule has 0 aliphatic carbocycles. The Bertz CT molecular complexity index is 596. The molecular weight excluding hydrogens is 286 g/mol. The molecule has 0 radical (unpaired) electrons. The van der Waals surface area contributed by atoms with Gasteiger partial charge in [0.15, 0.2) is 6.61 Å². The number of nitrogens with one attached hydrogen (secondary N) is 1. The number of thiophene rings is 1. The Morgan fingerprint density at radius 3 is 2.86 bits per heavy atom. The molecule has 2 aromatic rings. The number of amides is 1. The SMILES string of the molecule is Cc1ccc(OCC(=O)NCC(O)c2ccsc2)c(C)c1. The Hall–Kier alpha value is -1.85. The summed E-state index contributed by atoms with van der Waals surface area (Å²) in [5.74, 6) is 0.457. The van der Waals surface area contributed by atoms with E-state index in [2.05, 4.69) is 5.32 Å². The van der Waals surface area contributed by atoms with E-state index in [1.54, 1.807) is 0 Å². The summed E-state index contributed by atoms with van der Waals surface area (Å²) in [7, 11) is 0. The zero-order chi connectivity index (χ0) is 15.2. The molecule has 0 fully saturated rings. The van der Waals surface area contributed by atoms with Crippen LogP contribution < -0.4 is 10.1 Å². The van der Waals surface area contributed by atoms with Crippen LogP contribution >= 0.6 is 11.3 Å². The van der Waals surface area contributed by atoms with E-state index < -0.39 is 6.10 Å². The van der Waals surface area contributed by atoms with Crippen LogP contribution in [-0.4, -0.2) is 24.2 Å².